The highest BCUT2D eigenvalue weighted by Gasteiger charge is 2.21. The van der Waals surface area contributed by atoms with Gasteiger partial charge in [0.05, 0.1) is 36.5 Å². The zero-order chi connectivity index (χ0) is 37.1. The van der Waals surface area contributed by atoms with Crippen LogP contribution in [0, 0.1) is 17.8 Å². The second kappa shape index (κ2) is 22.1. The fourth-order valence-corrected chi connectivity index (χ4v) is 6.41. The summed E-state index contributed by atoms with van der Waals surface area (Å²) >= 11 is 0. The van der Waals surface area contributed by atoms with Crippen LogP contribution < -0.4 is 14.2 Å². The summed E-state index contributed by atoms with van der Waals surface area (Å²) in [6.07, 6.45) is 13.7. The summed E-state index contributed by atoms with van der Waals surface area (Å²) in [5, 5.41) is 11.4. The van der Waals surface area contributed by atoms with Gasteiger partial charge in [0.25, 0.3) is 0 Å². The van der Waals surface area contributed by atoms with E-state index >= 15 is 0 Å². The predicted molar refractivity (Wildman–Crippen MR) is 214 cm³/mol. The lowest BCUT2D eigenvalue weighted by Gasteiger charge is -2.19. The van der Waals surface area contributed by atoms with E-state index in [1.807, 2.05) is 60.7 Å². The Balaban J connectivity index is 1.74. The van der Waals surface area contributed by atoms with Crippen molar-refractivity contribution < 1.29 is 19.3 Å². The molecule has 0 saturated heterocycles. The van der Waals surface area contributed by atoms with Crippen molar-refractivity contribution in [2.75, 3.05) is 19.8 Å². The second-order valence-electron chi connectivity index (χ2n) is 14.2. The summed E-state index contributed by atoms with van der Waals surface area (Å²) in [6.45, 7) is 15.2. The molecule has 0 aliphatic carbocycles. The number of rotatable bonds is 24. The molecule has 1 heterocycles. The zero-order valence-corrected chi connectivity index (χ0v) is 32.7. The number of aromatic hydroxyl groups is 1. The van der Waals surface area contributed by atoms with Gasteiger partial charge in [-0.15, -0.1) is 0 Å². The van der Waals surface area contributed by atoms with E-state index in [1.54, 1.807) is 6.07 Å². The molecule has 0 spiro atoms. The standard InChI is InChI=1S/C45H63N3O4/c1-7-13-20-33(10-4)30-50-36-27-28-37(40(49)29-36)43-46-44(38-23-16-18-25-41(38)51-31-34(11-5)21-14-8-2)48-45(47-43)39-24-17-19-26-42(39)52-32-35(12-6)22-15-9-3/h16-19,23-29,33-35,49H,7-15,20-22,30-32H2,1-6H3. The minimum Gasteiger partial charge on any atom is -0.507 e. The van der Waals surface area contributed by atoms with Crippen LogP contribution in [0.1, 0.15) is 119 Å². The first-order chi connectivity index (χ1) is 25.4. The van der Waals surface area contributed by atoms with Crippen LogP contribution in [0.3, 0.4) is 0 Å². The quantitative estimate of drug-likeness (QED) is 0.0775. The molecular weight excluding hydrogens is 647 g/mol. The van der Waals surface area contributed by atoms with Gasteiger partial charge in [0.1, 0.15) is 23.0 Å². The number of unbranched alkanes of at least 4 members (excludes halogenated alkanes) is 3. The van der Waals surface area contributed by atoms with Crippen LogP contribution in [-0.4, -0.2) is 39.9 Å². The molecule has 0 fully saturated rings. The molecule has 0 amide bonds. The number of phenols is 1. The van der Waals surface area contributed by atoms with Gasteiger partial charge in [-0.25, -0.2) is 15.0 Å². The highest BCUT2D eigenvalue weighted by Crippen LogP contribution is 2.37. The third-order valence-electron chi connectivity index (χ3n) is 10.2. The fraction of sp³-hybridized carbons (Fsp3) is 0.533. The number of hydrogen-bond donors (Lipinski definition) is 1. The van der Waals surface area contributed by atoms with Crippen LogP contribution in [0.2, 0.25) is 0 Å². The van der Waals surface area contributed by atoms with Crippen LogP contribution in [0.25, 0.3) is 34.2 Å². The summed E-state index contributed by atoms with van der Waals surface area (Å²) in [6, 6.07) is 21.3. The molecule has 0 radical (unpaired) electrons. The molecule has 0 saturated carbocycles. The van der Waals surface area contributed by atoms with E-state index in [2.05, 4.69) is 41.5 Å². The van der Waals surface area contributed by atoms with Crippen molar-refractivity contribution in [2.24, 2.45) is 17.8 Å². The molecule has 4 rings (SSSR count). The molecule has 0 aliphatic heterocycles. The van der Waals surface area contributed by atoms with E-state index < -0.39 is 0 Å². The Labute approximate surface area is 313 Å². The van der Waals surface area contributed by atoms with E-state index in [4.69, 9.17) is 29.2 Å². The van der Waals surface area contributed by atoms with Crippen molar-refractivity contribution >= 4 is 0 Å². The van der Waals surface area contributed by atoms with Crippen LogP contribution in [-0.2, 0) is 0 Å². The summed E-state index contributed by atoms with van der Waals surface area (Å²) in [5.74, 6) is 4.90. The second-order valence-corrected chi connectivity index (χ2v) is 14.2. The van der Waals surface area contributed by atoms with Crippen molar-refractivity contribution in [1.82, 2.24) is 15.0 Å². The zero-order valence-electron chi connectivity index (χ0n) is 32.7. The molecule has 1 N–H and O–H groups in total. The minimum atomic E-state index is 0.0553. The average molecular weight is 710 g/mol. The Morgan fingerprint density at radius 2 is 0.904 bits per heavy atom. The maximum atomic E-state index is 11.4. The van der Waals surface area contributed by atoms with Crippen LogP contribution in [0.15, 0.2) is 66.7 Å². The van der Waals surface area contributed by atoms with Gasteiger partial charge in [0.15, 0.2) is 17.5 Å². The summed E-state index contributed by atoms with van der Waals surface area (Å²) in [5.41, 5.74) is 2.06. The third-order valence-corrected chi connectivity index (χ3v) is 10.2. The van der Waals surface area contributed by atoms with Crippen LogP contribution in [0.4, 0.5) is 0 Å². The Kier molecular flexibility index (Phi) is 17.2. The van der Waals surface area contributed by atoms with Crippen molar-refractivity contribution in [3.8, 4) is 57.2 Å². The first-order valence-electron chi connectivity index (χ1n) is 20.1. The molecule has 7 nitrogen and oxygen atoms in total. The predicted octanol–water partition coefficient (Wildman–Crippen LogP) is 12.4. The molecule has 4 aromatic rings. The molecule has 3 aromatic carbocycles. The number of hydrogen-bond acceptors (Lipinski definition) is 7. The maximum absolute atomic E-state index is 11.4. The normalized spacial score (nSPS) is 13.0. The van der Waals surface area contributed by atoms with E-state index in [0.717, 1.165) is 61.2 Å². The lowest BCUT2D eigenvalue weighted by molar-refractivity contribution is 0.232. The highest BCUT2D eigenvalue weighted by atomic mass is 16.5. The highest BCUT2D eigenvalue weighted by molar-refractivity contribution is 5.74. The lowest BCUT2D eigenvalue weighted by Crippen LogP contribution is -2.12. The average Bonchev–Trinajstić information content (AvgIpc) is 3.18. The van der Waals surface area contributed by atoms with Gasteiger partial charge in [0, 0.05) is 6.07 Å². The number of benzene rings is 3. The van der Waals surface area contributed by atoms with Gasteiger partial charge in [0.2, 0.25) is 0 Å². The number of ether oxygens (including phenoxy) is 3. The Bertz CT molecular complexity index is 1540. The number of nitrogens with zero attached hydrogens (tertiary/aromatic N) is 3. The number of para-hydroxylation sites is 2. The maximum Gasteiger partial charge on any atom is 0.167 e. The first-order valence-corrected chi connectivity index (χ1v) is 20.1. The van der Waals surface area contributed by atoms with Crippen LogP contribution >= 0.6 is 0 Å². The van der Waals surface area contributed by atoms with Crippen LogP contribution in [0.5, 0.6) is 23.0 Å². The molecular formula is C45H63N3O4. The Morgan fingerprint density at radius 3 is 1.31 bits per heavy atom. The minimum absolute atomic E-state index is 0.0553. The topological polar surface area (TPSA) is 86.6 Å². The molecule has 0 bridgehead atoms. The van der Waals surface area contributed by atoms with E-state index in [1.165, 1.54) is 38.5 Å². The van der Waals surface area contributed by atoms with Gasteiger partial charge in [-0.2, -0.15) is 0 Å². The van der Waals surface area contributed by atoms with Gasteiger partial charge in [-0.05, 0) is 73.4 Å². The van der Waals surface area contributed by atoms with Crippen molar-refractivity contribution in [3.63, 3.8) is 0 Å². The summed E-state index contributed by atoms with van der Waals surface area (Å²) in [4.78, 5) is 15.0. The SMILES string of the molecule is CCCCC(CC)COc1ccc(-c2nc(-c3ccccc3OCC(CC)CCCC)nc(-c3ccccc3OCC(CC)CCCC)n2)c(O)c1. The van der Waals surface area contributed by atoms with E-state index in [9.17, 15) is 5.11 Å². The molecule has 1 aromatic heterocycles. The van der Waals surface area contributed by atoms with Crippen molar-refractivity contribution in [2.45, 2.75) is 119 Å². The van der Waals surface area contributed by atoms with Gasteiger partial charge < -0.3 is 19.3 Å². The summed E-state index contributed by atoms with van der Waals surface area (Å²) in [7, 11) is 0. The Hall–Kier alpha value is -4.13. The van der Waals surface area contributed by atoms with Gasteiger partial charge in [-0.1, -0.05) is 124 Å². The fourth-order valence-electron chi connectivity index (χ4n) is 6.41. The third kappa shape index (κ3) is 12.0. The van der Waals surface area contributed by atoms with Crippen molar-refractivity contribution in [1.29, 1.82) is 0 Å². The largest absolute Gasteiger partial charge is 0.507 e. The molecule has 7 heteroatoms. The lowest BCUT2D eigenvalue weighted by atomic mass is 10.0. The number of phenolic OH excluding ortho intramolecular Hbond substituents is 1. The number of aromatic nitrogens is 3. The molecule has 3 atom stereocenters. The Morgan fingerprint density at radius 1 is 0.500 bits per heavy atom. The molecule has 0 aliphatic rings. The molecule has 52 heavy (non-hydrogen) atoms. The van der Waals surface area contributed by atoms with Gasteiger partial charge in [-0.3, -0.25) is 0 Å². The summed E-state index contributed by atoms with van der Waals surface area (Å²) < 4.78 is 19.1. The molecule has 282 valence electrons. The van der Waals surface area contributed by atoms with E-state index in [0.29, 0.717) is 66.4 Å². The van der Waals surface area contributed by atoms with Crippen molar-refractivity contribution in [3.05, 3.63) is 66.7 Å². The molecule has 3 unspecified atom stereocenters. The first kappa shape index (κ1) is 40.6. The monoisotopic (exact) mass is 709 g/mol. The van der Waals surface area contributed by atoms with E-state index in [-0.39, 0.29) is 5.75 Å². The van der Waals surface area contributed by atoms with Gasteiger partial charge >= 0.3 is 0 Å². The smallest absolute Gasteiger partial charge is 0.167 e.